The smallest absolute Gasteiger partial charge is 0.338 e. The lowest BCUT2D eigenvalue weighted by Gasteiger charge is -2.19. The number of ether oxygens (including phenoxy) is 3. The van der Waals surface area contributed by atoms with Crippen molar-refractivity contribution < 1.29 is 37.0 Å². The third kappa shape index (κ3) is 6.38. The summed E-state index contributed by atoms with van der Waals surface area (Å²) in [6.45, 7) is 5.50. The normalized spacial score (nSPS) is 13.5. The number of nitrogens with one attached hydrogen (secondary N) is 3. The molecule has 0 fully saturated rings. The fourth-order valence-corrected chi connectivity index (χ4v) is 3.95. The van der Waals surface area contributed by atoms with Gasteiger partial charge in [-0.1, -0.05) is 0 Å². The molecule has 0 bridgehead atoms. The lowest BCUT2D eigenvalue weighted by molar-refractivity contribution is -0.127. The van der Waals surface area contributed by atoms with Gasteiger partial charge < -0.3 is 19.5 Å². The summed E-state index contributed by atoms with van der Waals surface area (Å²) >= 11 is 0. The molecule has 0 saturated heterocycles. The number of anilines is 1. The van der Waals surface area contributed by atoms with Gasteiger partial charge in [0.25, 0.3) is 15.9 Å². The highest BCUT2D eigenvalue weighted by atomic mass is 32.2. The summed E-state index contributed by atoms with van der Waals surface area (Å²) in [7, 11) is -3.92. The van der Waals surface area contributed by atoms with Crippen molar-refractivity contribution in [2.75, 3.05) is 17.9 Å². The van der Waals surface area contributed by atoms with Crippen molar-refractivity contribution in [1.82, 2.24) is 10.6 Å². The van der Waals surface area contributed by atoms with Crippen LogP contribution in [0.3, 0.4) is 0 Å². The molecule has 2 aromatic rings. The van der Waals surface area contributed by atoms with Gasteiger partial charge in [-0.25, -0.2) is 18.0 Å². The first-order valence-electron chi connectivity index (χ1n) is 10.4. The Morgan fingerprint density at radius 3 is 2.24 bits per heavy atom. The summed E-state index contributed by atoms with van der Waals surface area (Å²) < 4.78 is 43.7. The molecule has 3 rings (SSSR count). The van der Waals surface area contributed by atoms with Crippen LogP contribution in [0.1, 0.15) is 31.1 Å². The number of sulfonamides is 1. The zero-order chi connectivity index (χ0) is 24.9. The van der Waals surface area contributed by atoms with Crippen LogP contribution in [-0.4, -0.2) is 51.7 Å². The van der Waals surface area contributed by atoms with E-state index in [9.17, 15) is 22.8 Å². The van der Waals surface area contributed by atoms with Crippen molar-refractivity contribution in [2.45, 2.75) is 37.8 Å². The van der Waals surface area contributed by atoms with Crippen molar-refractivity contribution in [1.29, 1.82) is 0 Å². The van der Waals surface area contributed by atoms with E-state index in [2.05, 4.69) is 15.4 Å². The highest BCUT2D eigenvalue weighted by Crippen LogP contribution is 2.32. The minimum absolute atomic E-state index is 0.0124. The average molecular weight is 492 g/mol. The lowest BCUT2D eigenvalue weighted by atomic mass is 10.2. The quantitative estimate of drug-likeness (QED) is 0.498. The van der Waals surface area contributed by atoms with Crippen molar-refractivity contribution >= 4 is 33.6 Å². The van der Waals surface area contributed by atoms with Gasteiger partial charge in [-0.15, -0.1) is 0 Å². The first kappa shape index (κ1) is 24.8. The third-order valence-electron chi connectivity index (χ3n) is 4.51. The van der Waals surface area contributed by atoms with Crippen LogP contribution in [0, 0.1) is 0 Å². The summed E-state index contributed by atoms with van der Waals surface area (Å²) in [4.78, 5) is 35.9. The zero-order valence-corrected chi connectivity index (χ0v) is 19.6. The number of benzene rings is 2. The molecule has 0 aromatic heterocycles. The third-order valence-corrected chi connectivity index (χ3v) is 5.89. The van der Waals surface area contributed by atoms with Crippen LogP contribution in [0.5, 0.6) is 11.5 Å². The standard InChI is InChI=1S/C22H25N3O8S/c1-13(2)23-22(28)24-20(26)14(3)33-21(27)15-4-6-16(7-5-15)25-34(29,30)17-8-9-18-19(12-17)32-11-10-31-18/h4-9,12-14,25H,10-11H2,1-3H3,(H2,23,24,26,28). The van der Waals surface area contributed by atoms with E-state index >= 15 is 0 Å². The van der Waals surface area contributed by atoms with Crippen molar-refractivity contribution in [3.8, 4) is 11.5 Å². The Balaban J connectivity index is 1.60. The molecule has 0 spiro atoms. The molecule has 1 unspecified atom stereocenters. The number of hydrogen-bond acceptors (Lipinski definition) is 8. The van der Waals surface area contributed by atoms with Crippen LogP contribution in [0.4, 0.5) is 10.5 Å². The van der Waals surface area contributed by atoms with E-state index < -0.39 is 34.0 Å². The van der Waals surface area contributed by atoms with Gasteiger partial charge in [-0.3, -0.25) is 14.8 Å². The molecule has 1 aliphatic rings. The maximum absolute atomic E-state index is 12.7. The minimum atomic E-state index is -3.92. The highest BCUT2D eigenvalue weighted by molar-refractivity contribution is 7.92. The molecular weight excluding hydrogens is 466 g/mol. The molecular formula is C22H25N3O8S. The van der Waals surface area contributed by atoms with Gasteiger partial charge in [0, 0.05) is 17.8 Å². The van der Waals surface area contributed by atoms with Gasteiger partial charge in [-0.05, 0) is 57.2 Å². The SMILES string of the molecule is CC(C)NC(=O)NC(=O)C(C)OC(=O)c1ccc(NS(=O)(=O)c2ccc3c(c2)OCCO3)cc1. The molecule has 1 heterocycles. The van der Waals surface area contributed by atoms with E-state index in [1.807, 2.05) is 0 Å². The maximum Gasteiger partial charge on any atom is 0.338 e. The fourth-order valence-electron chi connectivity index (χ4n) is 2.87. The first-order chi connectivity index (χ1) is 16.0. The summed E-state index contributed by atoms with van der Waals surface area (Å²) in [6.07, 6.45) is -1.22. The lowest BCUT2D eigenvalue weighted by Crippen LogP contribution is -2.46. The van der Waals surface area contributed by atoms with Gasteiger partial charge >= 0.3 is 12.0 Å². The Kier molecular flexibility index (Phi) is 7.61. The number of rotatable bonds is 7. The number of amides is 3. The summed E-state index contributed by atoms with van der Waals surface area (Å²) in [6, 6.07) is 8.88. The van der Waals surface area contributed by atoms with E-state index in [1.54, 1.807) is 13.8 Å². The number of hydrogen-bond donors (Lipinski definition) is 3. The van der Waals surface area contributed by atoms with Gasteiger partial charge in [0.2, 0.25) is 0 Å². The van der Waals surface area contributed by atoms with Crippen molar-refractivity contribution in [3.63, 3.8) is 0 Å². The molecule has 0 saturated carbocycles. The van der Waals surface area contributed by atoms with Crippen LogP contribution >= 0.6 is 0 Å². The van der Waals surface area contributed by atoms with Crippen LogP contribution in [-0.2, 0) is 19.6 Å². The summed E-state index contributed by atoms with van der Waals surface area (Å²) in [5.41, 5.74) is 0.302. The average Bonchev–Trinajstić information content (AvgIpc) is 2.78. The molecule has 182 valence electrons. The van der Waals surface area contributed by atoms with E-state index in [1.165, 1.54) is 49.4 Å². The van der Waals surface area contributed by atoms with Crippen molar-refractivity contribution in [3.05, 3.63) is 48.0 Å². The van der Waals surface area contributed by atoms with E-state index in [0.29, 0.717) is 24.7 Å². The summed E-state index contributed by atoms with van der Waals surface area (Å²) in [5, 5.41) is 4.56. The summed E-state index contributed by atoms with van der Waals surface area (Å²) in [5.74, 6) is -0.785. The Hall–Kier alpha value is -3.80. The molecule has 12 heteroatoms. The molecule has 11 nitrogen and oxygen atoms in total. The van der Waals surface area contributed by atoms with Gasteiger partial charge in [0.1, 0.15) is 13.2 Å². The van der Waals surface area contributed by atoms with E-state index in [0.717, 1.165) is 0 Å². The highest BCUT2D eigenvalue weighted by Gasteiger charge is 2.22. The van der Waals surface area contributed by atoms with Crippen LogP contribution in [0.15, 0.2) is 47.4 Å². The van der Waals surface area contributed by atoms with E-state index in [4.69, 9.17) is 14.2 Å². The molecule has 3 N–H and O–H groups in total. The number of carbonyl (C=O) groups is 3. The number of carbonyl (C=O) groups excluding carboxylic acids is 3. The topological polar surface area (TPSA) is 149 Å². The largest absolute Gasteiger partial charge is 0.486 e. The number of urea groups is 1. The molecule has 1 aliphatic heterocycles. The fraction of sp³-hybridized carbons (Fsp3) is 0.318. The molecule has 1 atom stereocenters. The second kappa shape index (κ2) is 10.4. The Morgan fingerprint density at radius 1 is 0.941 bits per heavy atom. The first-order valence-corrected chi connectivity index (χ1v) is 11.9. The minimum Gasteiger partial charge on any atom is -0.486 e. The Labute approximate surface area is 196 Å². The maximum atomic E-state index is 12.7. The second-order valence-electron chi connectivity index (χ2n) is 7.65. The van der Waals surface area contributed by atoms with Crippen LogP contribution in [0.2, 0.25) is 0 Å². The second-order valence-corrected chi connectivity index (χ2v) is 9.34. The Morgan fingerprint density at radius 2 is 1.59 bits per heavy atom. The van der Waals surface area contributed by atoms with Crippen LogP contribution < -0.4 is 24.8 Å². The van der Waals surface area contributed by atoms with Crippen molar-refractivity contribution in [2.24, 2.45) is 0 Å². The number of fused-ring (bicyclic) bond motifs is 1. The predicted molar refractivity (Wildman–Crippen MR) is 121 cm³/mol. The molecule has 2 aromatic carbocycles. The predicted octanol–water partition coefficient (Wildman–Crippen LogP) is 2.04. The molecule has 3 amide bonds. The number of imide groups is 1. The molecule has 0 radical (unpaired) electrons. The van der Waals surface area contributed by atoms with Crippen LogP contribution in [0.25, 0.3) is 0 Å². The van der Waals surface area contributed by atoms with E-state index in [-0.39, 0.29) is 22.2 Å². The monoisotopic (exact) mass is 491 g/mol. The Bertz CT molecular complexity index is 1180. The zero-order valence-electron chi connectivity index (χ0n) is 18.8. The van der Waals surface area contributed by atoms with Gasteiger partial charge in [0.15, 0.2) is 17.6 Å². The van der Waals surface area contributed by atoms with Gasteiger partial charge in [0.05, 0.1) is 10.5 Å². The molecule has 0 aliphatic carbocycles. The molecule has 34 heavy (non-hydrogen) atoms. The van der Waals surface area contributed by atoms with Gasteiger partial charge in [-0.2, -0.15) is 0 Å². The number of esters is 1.